The van der Waals surface area contributed by atoms with Crippen LogP contribution in [0.25, 0.3) is 0 Å². The lowest BCUT2D eigenvalue weighted by atomic mass is 10.4. The Morgan fingerprint density at radius 1 is 0.846 bits per heavy atom. The molecule has 0 aromatic heterocycles. The summed E-state index contributed by atoms with van der Waals surface area (Å²) in [6.07, 6.45) is 0. The summed E-state index contributed by atoms with van der Waals surface area (Å²) >= 11 is 4.76. The Labute approximate surface area is 159 Å². The van der Waals surface area contributed by atoms with Crippen LogP contribution in [0.2, 0.25) is 0 Å². The third-order valence-electron chi connectivity index (χ3n) is 2.02. The molecule has 152 valence electrons. The Morgan fingerprint density at radius 3 is 1.23 bits per heavy atom. The summed E-state index contributed by atoms with van der Waals surface area (Å²) in [5, 5.41) is 32.5. The van der Waals surface area contributed by atoms with Gasteiger partial charge in [-0.1, -0.05) is 6.58 Å². The van der Waals surface area contributed by atoms with Crippen molar-refractivity contribution in [3.63, 3.8) is 0 Å². The quantitative estimate of drug-likeness (QED) is 0.138. The molecule has 0 heterocycles. The van der Waals surface area contributed by atoms with Crippen molar-refractivity contribution in [3.05, 3.63) is 12.3 Å². The Morgan fingerprint density at radius 2 is 1.12 bits per heavy atom. The van der Waals surface area contributed by atoms with E-state index >= 15 is 0 Å². The third-order valence-corrected chi connectivity index (χ3v) is 3.60. The predicted molar refractivity (Wildman–Crippen MR) is 99.0 cm³/mol. The van der Waals surface area contributed by atoms with E-state index in [0.717, 1.165) is 11.8 Å². The SMILES string of the molecule is C=C(N)C(=O)O.NC(CS)C(=O)O.NC(CSCC(N)C(=O)O)C(=O)O. The second-order valence-electron chi connectivity index (χ2n) is 4.38. The molecule has 0 aliphatic rings. The van der Waals surface area contributed by atoms with Crippen molar-refractivity contribution in [2.24, 2.45) is 22.9 Å². The minimum Gasteiger partial charge on any atom is -0.480 e. The summed E-state index contributed by atoms with van der Waals surface area (Å²) in [6, 6.07) is -2.75. The maximum absolute atomic E-state index is 10.2. The molecule has 0 saturated carbocycles. The van der Waals surface area contributed by atoms with Crippen LogP contribution in [0.5, 0.6) is 0 Å². The van der Waals surface area contributed by atoms with E-state index in [1.165, 1.54) is 0 Å². The highest BCUT2D eigenvalue weighted by atomic mass is 32.2. The molecule has 0 rings (SSSR count). The third kappa shape index (κ3) is 20.0. The van der Waals surface area contributed by atoms with Crippen LogP contribution in [-0.2, 0) is 19.2 Å². The number of hydrogen-bond donors (Lipinski definition) is 9. The van der Waals surface area contributed by atoms with E-state index in [4.69, 9.17) is 37.6 Å². The van der Waals surface area contributed by atoms with E-state index in [9.17, 15) is 19.2 Å². The Balaban J connectivity index is -0.000000342. The molecule has 0 bridgehead atoms. The lowest BCUT2D eigenvalue weighted by Crippen LogP contribution is -2.36. The number of nitrogens with two attached hydrogens (primary N) is 4. The number of hydrogen-bond acceptors (Lipinski definition) is 10. The number of thioether (sulfide) groups is 1. The van der Waals surface area contributed by atoms with Crippen molar-refractivity contribution in [2.45, 2.75) is 18.1 Å². The normalized spacial score (nSPS) is 12.8. The van der Waals surface area contributed by atoms with E-state index in [0.29, 0.717) is 0 Å². The van der Waals surface area contributed by atoms with Crippen molar-refractivity contribution < 1.29 is 39.6 Å². The van der Waals surface area contributed by atoms with Gasteiger partial charge in [-0.15, -0.1) is 0 Å². The molecule has 0 aliphatic carbocycles. The molecule has 3 unspecified atom stereocenters. The number of carbonyl (C=O) groups is 4. The molecule has 12 N–H and O–H groups in total. The van der Waals surface area contributed by atoms with Gasteiger partial charge in [0.1, 0.15) is 23.8 Å². The molecule has 0 aromatic carbocycles. The lowest BCUT2D eigenvalue weighted by Gasteiger charge is -2.07. The molecule has 26 heavy (non-hydrogen) atoms. The number of aliphatic carboxylic acids is 4. The van der Waals surface area contributed by atoms with E-state index < -0.39 is 42.0 Å². The highest BCUT2D eigenvalue weighted by Crippen LogP contribution is 2.03. The van der Waals surface area contributed by atoms with E-state index in [-0.39, 0.29) is 23.0 Å². The van der Waals surface area contributed by atoms with Crippen LogP contribution < -0.4 is 22.9 Å². The second-order valence-corrected chi connectivity index (χ2v) is 5.82. The van der Waals surface area contributed by atoms with Crippen LogP contribution in [-0.4, -0.2) is 79.7 Å². The Hall–Kier alpha value is -2.00. The molecular weight excluding hydrogens is 392 g/mol. The highest BCUT2D eigenvalue weighted by Gasteiger charge is 2.15. The topological polar surface area (TPSA) is 253 Å². The van der Waals surface area contributed by atoms with Crippen molar-refractivity contribution in [2.75, 3.05) is 17.3 Å². The van der Waals surface area contributed by atoms with Gasteiger partial charge < -0.3 is 43.4 Å². The molecule has 0 saturated heterocycles. The van der Waals surface area contributed by atoms with E-state index in [2.05, 4.69) is 24.9 Å². The summed E-state index contributed by atoms with van der Waals surface area (Å²) in [5.74, 6) is -3.85. The molecule has 14 heteroatoms. The fraction of sp³-hybridized carbons (Fsp3) is 0.500. The average Bonchev–Trinajstić information content (AvgIpc) is 2.54. The molecule has 3 atom stereocenters. The first-order valence-corrected chi connectivity index (χ1v) is 8.37. The standard InChI is InChI=1S/C6H12N2O4S.C3H7NO2S.C3H5NO2/c7-3(5(9)10)1-13-2-4(8)6(11)12;4-2(1-7)3(5)6;1-2(4)3(5)6/h3-4H,1-2,7-8H2,(H,9,10)(H,11,12);2,7H,1,4H2,(H,5,6);1,4H2,(H,5,6). The molecular formula is C12H24N4O8S2. The largest absolute Gasteiger partial charge is 0.480 e. The van der Waals surface area contributed by atoms with Gasteiger partial charge in [0.15, 0.2) is 0 Å². The summed E-state index contributed by atoms with van der Waals surface area (Å²) in [6.45, 7) is 2.93. The van der Waals surface area contributed by atoms with E-state index in [1.807, 2.05) is 0 Å². The van der Waals surface area contributed by atoms with Gasteiger partial charge >= 0.3 is 23.9 Å². The van der Waals surface area contributed by atoms with Gasteiger partial charge in [-0.05, 0) is 0 Å². The van der Waals surface area contributed by atoms with Crippen LogP contribution in [0, 0.1) is 0 Å². The minimum absolute atomic E-state index is 0.163. The number of rotatable bonds is 9. The monoisotopic (exact) mass is 416 g/mol. The van der Waals surface area contributed by atoms with Gasteiger partial charge in [-0.3, -0.25) is 14.4 Å². The number of carboxylic acid groups (broad SMARTS) is 4. The zero-order valence-electron chi connectivity index (χ0n) is 13.6. The van der Waals surface area contributed by atoms with Crippen LogP contribution in [0.15, 0.2) is 12.3 Å². The summed E-state index contributed by atoms with van der Waals surface area (Å²) in [7, 11) is 0. The van der Waals surface area contributed by atoms with Crippen LogP contribution >= 0.6 is 24.4 Å². The van der Waals surface area contributed by atoms with Crippen molar-refractivity contribution in [1.82, 2.24) is 0 Å². The van der Waals surface area contributed by atoms with Crippen molar-refractivity contribution >= 4 is 48.3 Å². The fourth-order valence-corrected chi connectivity index (χ4v) is 1.63. The zero-order valence-corrected chi connectivity index (χ0v) is 15.4. The number of carboxylic acids is 4. The summed E-state index contributed by atoms with van der Waals surface area (Å²) in [4.78, 5) is 39.7. The molecule has 0 radical (unpaired) electrons. The molecule has 0 spiro atoms. The van der Waals surface area contributed by atoms with E-state index in [1.54, 1.807) is 0 Å². The van der Waals surface area contributed by atoms with Crippen LogP contribution in [0.3, 0.4) is 0 Å². The van der Waals surface area contributed by atoms with Gasteiger partial charge in [0, 0.05) is 17.3 Å². The first-order chi connectivity index (χ1) is 11.8. The Bertz CT molecular complexity index is 460. The van der Waals surface area contributed by atoms with Gasteiger partial charge in [0.25, 0.3) is 0 Å². The van der Waals surface area contributed by atoms with Gasteiger partial charge in [-0.2, -0.15) is 24.4 Å². The predicted octanol–water partition coefficient (Wildman–Crippen LogP) is -2.59. The van der Waals surface area contributed by atoms with Gasteiger partial charge in [-0.25, -0.2) is 4.79 Å². The molecule has 0 amide bonds. The number of thiol groups is 1. The second kappa shape index (κ2) is 16.5. The minimum atomic E-state index is -1.16. The van der Waals surface area contributed by atoms with Crippen molar-refractivity contribution in [3.8, 4) is 0 Å². The zero-order chi connectivity index (χ0) is 21.4. The molecule has 12 nitrogen and oxygen atoms in total. The molecule has 0 aromatic rings. The molecule has 0 aliphatic heterocycles. The maximum Gasteiger partial charge on any atom is 0.351 e. The van der Waals surface area contributed by atoms with Crippen LogP contribution in [0.4, 0.5) is 0 Å². The maximum atomic E-state index is 10.2. The summed E-state index contributed by atoms with van der Waals surface area (Å²) in [5.41, 5.74) is 19.6. The smallest absolute Gasteiger partial charge is 0.351 e. The highest BCUT2D eigenvalue weighted by molar-refractivity contribution is 7.99. The van der Waals surface area contributed by atoms with Crippen molar-refractivity contribution in [1.29, 1.82) is 0 Å². The first-order valence-electron chi connectivity index (χ1n) is 6.59. The summed E-state index contributed by atoms with van der Waals surface area (Å²) < 4.78 is 0. The molecule has 0 fully saturated rings. The first kappa shape index (κ1) is 28.8. The Kier molecular flexibility index (Phi) is 18.2. The van der Waals surface area contributed by atoms with Gasteiger partial charge in [0.2, 0.25) is 0 Å². The average molecular weight is 416 g/mol. The van der Waals surface area contributed by atoms with Crippen LogP contribution in [0.1, 0.15) is 0 Å². The lowest BCUT2D eigenvalue weighted by molar-refractivity contribution is -0.138. The fourth-order valence-electron chi connectivity index (χ4n) is 0.543. The van der Waals surface area contributed by atoms with Gasteiger partial charge in [0.05, 0.1) is 0 Å².